The molecule has 0 unspecified atom stereocenters. The van der Waals surface area contributed by atoms with Crippen molar-refractivity contribution in [3.05, 3.63) is 44.2 Å². The van der Waals surface area contributed by atoms with Crippen LogP contribution in [0.2, 0.25) is 5.15 Å². The zero-order valence-corrected chi connectivity index (χ0v) is 12.6. The molecule has 2 rings (SSSR count). The van der Waals surface area contributed by atoms with E-state index < -0.39 is 0 Å². The lowest BCUT2D eigenvalue weighted by Crippen LogP contribution is -2.02. The molecule has 0 aliphatic heterocycles. The molecule has 0 aliphatic rings. The SMILES string of the molecule is Cc1nn(C)c(Cl)c1CNc1ccccc1I. The van der Waals surface area contributed by atoms with Crippen molar-refractivity contribution in [1.82, 2.24) is 9.78 Å². The van der Waals surface area contributed by atoms with Crippen molar-refractivity contribution >= 4 is 39.9 Å². The van der Waals surface area contributed by atoms with Crippen molar-refractivity contribution in [2.75, 3.05) is 5.32 Å². The van der Waals surface area contributed by atoms with Crippen LogP contribution < -0.4 is 5.32 Å². The Balaban J connectivity index is 2.15. The maximum atomic E-state index is 6.18. The monoisotopic (exact) mass is 361 g/mol. The Kier molecular flexibility index (Phi) is 3.93. The Bertz CT molecular complexity index is 537. The predicted octanol–water partition coefficient (Wildman–Crippen LogP) is 3.60. The second-order valence-electron chi connectivity index (χ2n) is 3.81. The average Bonchev–Trinajstić information content (AvgIpc) is 2.53. The first kappa shape index (κ1) is 12.7. The highest BCUT2D eigenvalue weighted by atomic mass is 127. The Morgan fingerprint density at radius 3 is 2.71 bits per heavy atom. The predicted molar refractivity (Wildman–Crippen MR) is 79.4 cm³/mol. The molecule has 1 heterocycles. The first-order valence-corrected chi connectivity index (χ1v) is 6.71. The summed E-state index contributed by atoms with van der Waals surface area (Å²) in [5.41, 5.74) is 3.14. The van der Waals surface area contributed by atoms with Gasteiger partial charge in [-0.1, -0.05) is 23.7 Å². The fourth-order valence-corrected chi connectivity index (χ4v) is 2.48. The summed E-state index contributed by atoms with van der Waals surface area (Å²) in [5, 5.41) is 8.36. The molecule has 0 aliphatic carbocycles. The van der Waals surface area contributed by atoms with E-state index >= 15 is 0 Å². The number of rotatable bonds is 3. The first-order chi connectivity index (χ1) is 8.09. The third kappa shape index (κ3) is 2.74. The van der Waals surface area contributed by atoms with Gasteiger partial charge in [-0.2, -0.15) is 5.10 Å². The zero-order chi connectivity index (χ0) is 12.4. The normalized spacial score (nSPS) is 10.6. The summed E-state index contributed by atoms with van der Waals surface area (Å²) in [6.45, 7) is 2.66. The highest BCUT2D eigenvalue weighted by molar-refractivity contribution is 14.1. The summed E-state index contributed by atoms with van der Waals surface area (Å²) in [5.74, 6) is 0. The van der Waals surface area contributed by atoms with E-state index in [2.05, 4.69) is 45.1 Å². The number of hydrogen-bond acceptors (Lipinski definition) is 2. The maximum Gasteiger partial charge on any atom is 0.131 e. The van der Waals surface area contributed by atoms with E-state index in [0.29, 0.717) is 11.7 Å². The lowest BCUT2D eigenvalue weighted by molar-refractivity contribution is 0.757. The largest absolute Gasteiger partial charge is 0.380 e. The molecule has 0 fully saturated rings. The van der Waals surface area contributed by atoms with Gasteiger partial charge in [-0.3, -0.25) is 4.68 Å². The summed E-state index contributed by atoms with van der Waals surface area (Å²) < 4.78 is 2.90. The van der Waals surface area contributed by atoms with Crippen LogP contribution in [0, 0.1) is 10.5 Å². The zero-order valence-electron chi connectivity index (χ0n) is 9.67. The molecule has 0 amide bonds. The molecule has 1 N–H and O–H groups in total. The number of nitrogens with zero attached hydrogens (tertiary/aromatic N) is 2. The minimum absolute atomic E-state index is 0.693. The molecule has 0 spiro atoms. The van der Waals surface area contributed by atoms with Gasteiger partial charge in [0, 0.05) is 28.4 Å². The van der Waals surface area contributed by atoms with Gasteiger partial charge >= 0.3 is 0 Å². The van der Waals surface area contributed by atoms with E-state index in [4.69, 9.17) is 11.6 Å². The van der Waals surface area contributed by atoms with Gasteiger partial charge < -0.3 is 5.32 Å². The van der Waals surface area contributed by atoms with E-state index in [1.807, 2.05) is 26.1 Å². The summed E-state index contributed by atoms with van der Waals surface area (Å²) >= 11 is 8.49. The number of hydrogen-bond donors (Lipinski definition) is 1. The Morgan fingerprint density at radius 2 is 2.12 bits per heavy atom. The summed E-state index contributed by atoms with van der Waals surface area (Å²) in [7, 11) is 1.85. The minimum atomic E-state index is 0.693. The molecule has 17 heavy (non-hydrogen) atoms. The second-order valence-corrected chi connectivity index (χ2v) is 5.33. The topological polar surface area (TPSA) is 29.9 Å². The quantitative estimate of drug-likeness (QED) is 0.847. The molecular formula is C12H13ClIN3. The highest BCUT2D eigenvalue weighted by Crippen LogP contribution is 2.22. The molecule has 0 saturated carbocycles. The average molecular weight is 362 g/mol. The van der Waals surface area contributed by atoms with Crippen LogP contribution in [0.5, 0.6) is 0 Å². The summed E-state index contributed by atoms with van der Waals surface area (Å²) in [6.07, 6.45) is 0. The first-order valence-electron chi connectivity index (χ1n) is 5.26. The van der Waals surface area contributed by atoms with Crippen molar-refractivity contribution in [2.45, 2.75) is 13.5 Å². The van der Waals surface area contributed by atoms with E-state index in [0.717, 1.165) is 16.9 Å². The molecule has 3 nitrogen and oxygen atoms in total. The van der Waals surface area contributed by atoms with Crippen LogP contribution >= 0.6 is 34.2 Å². The van der Waals surface area contributed by atoms with Crippen LogP contribution in [0.15, 0.2) is 24.3 Å². The van der Waals surface area contributed by atoms with Gasteiger partial charge in [-0.25, -0.2) is 0 Å². The molecule has 1 aromatic heterocycles. The summed E-state index contributed by atoms with van der Waals surface area (Å²) in [6, 6.07) is 8.17. The van der Waals surface area contributed by atoms with Crippen molar-refractivity contribution < 1.29 is 0 Å². The third-order valence-electron chi connectivity index (χ3n) is 2.60. The van der Waals surface area contributed by atoms with E-state index in [-0.39, 0.29) is 0 Å². The number of anilines is 1. The van der Waals surface area contributed by atoms with Crippen molar-refractivity contribution in [3.63, 3.8) is 0 Å². The smallest absolute Gasteiger partial charge is 0.131 e. The Morgan fingerprint density at radius 1 is 1.41 bits per heavy atom. The second kappa shape index (κ2) is 5.27. The molecule has 90 valence electrons. The molecule has 2 aromatic rings. The minimum Gasteiger partial charge on any atom is -0.380 e. The number of aryl methyl sites for hydroxylation is 2. The number of para-hydroxylation sites is 1. The van der Waals surface area contributed by atoms with Gasteiger partial charge in [0.15, 0.2) is 0 Å². The van der Waals surface area contributed by atoms with Gasteiger partial charge in [0.05, 0.1) is 5.69 Å². The van der Waals surface area contributed by atoms with Gasteiger partial charge in [0.25, 0.3) is 0 Å². The molecular weight excluding hydrogens is 349 g/mol. The van der Waals surface area contributed by atoms with Crippen LogP contribution in [0.3, 0.4) is 0 Å². The highest BCUT2D eigenvalue weighted by Gasteiger charge is 2.10. The molecule has 0 radical (unpaired) electrons. The van der Waals surface area contributed by atoms with Crippen LogP contribution in [-0.2, 0) is 13.6 Å². The van der Waals surface area contributed by atoms with E-state index in [1.165, 1.54) is 3.57 Å². The van der Waals surface area contributed by atoms with Crippen molar-refractivity contribution in [1.29, 1.82) is 0 Å². The Labute approximate surface area is 119 Å². The number of aromatic nitrogens is 2. The lowest BCUT2D eigenvalue weighted by Gasteiger charge is -2.08. The fraction of sp³-hybridized carbons (Fsp3) is 0.250. The molecule has 5 heteroatoms. The number of halogens is 2. The van der Waals surface area contributed by atoms with Crippen LogP contribution in [0.4, 0.5) is 5.69 Å². The van der Waals surface area contributed by atoms with Crippen LogP contribution in [0.1, 0.15) is 11.3 Å². The molecule has 1 aromatic carbocycles. The van der Waals surface area contributed by atoms with Crippen molar-refractivity contribution in [2.24, 2.45) is 7.05 Å². The maximum absolute atomic E-state index is 6.18. The molecule has 0 saturated heterocycles. The standard InChI is InChI=1S/C12H13ClIN3/c1-8-9(12(13)17(2)16-8)7-15-11-6-4-3-5-10(11)14/h3-6,15H,7H2,1-2H3. The van der Waals surface area contributed by atoms with Gasteiger partial charge in [0.2, 0.25) is 0 Å². The van der Waals surface area contributed by atoms with Crippen LogP contribution in [0.25, 0.3) is 0 Å². The lowest BCUT2D eigenvalue weighted by atomic mass is 10.2. The van der Waals surface area contributed by atoms with Crippen molar-refractivity contribution in [3.8, 4) is 0 Å². The Hall–Kier alpha value is -0.750. The molecule has 0 atom stereocenters. The van der Waals surface area contributed by atoms with Gasteiger partial charge in [0.1, 0.15) is 5.15 Å². The number of benzene rings is 1. The number of nitrogens with one attached hydrogen (secondary N) is 1. The van der Waals surface area contributed by atoms with Crippen LogP contribution in [-0.4, -0.2) is 9.78 Å². The fourth-order valence-electron chi connectivity index (χ4n) is 1.66. The van der Waals surface area contributed by atoms with Gasteiger partial charge in [-0.15, -0.1) is 0 Å². The molecule has 0 bridgehead atoms. The van der Waals surface area contributed by atoms with E-state index in [1.54, 1.807) is 4.68 Å². The van der Waals surface area contributed by atoms with Gasteiger partial charge in [-0.05, 0) is 41.6 Å². The van der Waals surface area contributed by atoms with E-state index in [9.17, 15) is 0 Å². The summed E-state index contributed by atoms with van der Waals surface area (Å²) in [4.78, 5) is 0. The third-order valence-corrected chi connectivity index (χ3v) is 4.01.